The minimum Gasteiger partial charge on any atom is -0.490 e. The molecule has 1 fully saturated rings. The zero-order chi connectivity index (χ0) is 19.1. The first-order chi connectivity index (χ1) is 12.5. The van der Waals surface area contributed by atoms with Gasteiger partial charge in [0.1, 0.15) is 0 Å². The van der Waals surface area contributed by atoms with Crippen LogP contribution in [0.4, 0.5) is 0 Å². The Hall–Kier alpha value is -1.99. The molecule has 2 rings (SSSR count). The van der Waals surface area contributed by atoms with Crippen molar-refractivity contribution in [3.8, 4) is 11.5 Å². The van der Waals surface area contributed by atoms with E-state index in [1.165, 1.54) is 11.0 Å². The molecule has 144 valence electrons. The molecule has 0 aromatic heterocycles. The van der Waals surface area contributed by atoms with Gasteiger partial charge in [-0.1, -0.05) is 24.9 Å². The number of rotatable bonds is 8. The maximum absolute atomic E-state index is 12.8. The van der Waals surface area contributed by atoms with Crippen LogP contribution in [0.15, 0.2) is 12.1 Å². The number of morpholine rings is 1. The van der Waals surface area contributed by atoms with Gasteiger partial charge in [0.15, 0.2) is 17.5 Å². The van der Waals surface area contributed by atoms with E-state index in [1.807, 2.05) is 6.92 Å². The third-order valence-electron chi connectivity index (χ3n) is 3.98. The molecule has 1 aromatic rings. The van der Waals surface area contributed by atoms with Crippen LogP contribution in [0.25, 0.3) is 0 Å². The van der Waals surface area contributed by atoms with Gasteiger partial charge in [0, 0.05) is 12.1 Å². The van der Waals surface area contributed by atoms with Crippen molar-refractivity contribution >= 4 is 23.5 Å². The predicted molar refractivity (Wildman–Crippen MR) is 96.3 cm³/mol. The molecule has 1 N–H and O–H groups in total. The Morgan fingerprint density at radius 2 is 2.12 bits per heavy atom. The summed E-state index contributed by atoms with van der Waals surface area (Å²) in [5, 5.41) is 9.58. The number of ether oxygens (including phenoxy) is 3. The third-order valence-corrected chi connectivity index (χ3v) is 4.26. The highest BCUT2D eigenvalue weighted by Crippen LogP contribution is 2.37. The van der Waals surface area contributed by atoms with E-state index in [0.717, 1.165) is 12.8 Å². The van der Waals surface area contributed by atoms with Gasteiger partial charge in [0.05, 0.1) is 31.5 Å². The van der Waals surface area contributed by atoms with E-state index in [4.69, 9.17) is 25.8 Å². The Bertz CT molecular complexity index is 651. The molecule has 26 heavy (non-hydrogen) atoms. The van der Waals surface area contributed by atoms with Gasteiger partial charge in [-0.2, -0.15) is 0 Å². The fourth-order valence-corrected chi connectivity index (χ4v) is 2.90. The molecule has 1 aliphatic heterocycles. The number of carboxylic acid groups (broad SMARTS) is 1. The highest BCUT2D eigenvalue weighted by molar-refractivity contribution is 6.32. The normalized spacial score (nSPS) is 17.0. The average molecular weight is 386 g/mol. The Morgan fingerprint density at radius 1 is 1.35 bits per heavy atom. The maximum atomic E-state index is 12.8. The quantitative estimate of drug-likeness (QED) is 0.692. The topological polar surface area (TPSA) is 85.3 Å². The summed E-state index contributed by atoms with van der Waals surface area (Å²) in [5.41, 5.74) is 0.259. The van der Waals surface area contributed by atoms with E-state index in [9.17, 15) is 14.7 Å². The van der Waals surface area contributed by atoms with Crippen LogP contribution >= 0.6 is 11.6 Å². The van der Waals surface area contributed by atoms with Gasteiger partial charge >= 0.3 is 5.97 Å². The molecular weight excluding hydrogens is 362 g/mol. The molecule has 1 aromatic carbocycles. The Kier molecular flexibility index (Phi) is 7.53. The van der Waals surface area contributed by atoms with Crippen molar-refractivity contribution in [1.82, 2.24) is 4.90 Å². The summed E-state index contributed by atoms with van der Waals surface area (Å²) in [5.74, 6) is -0.757. The van der Waals surface area contributed by atoms with Crippen LogP contribution in [-0.2, 0) is 9.53 Å². The van der Waals surface area contributed by atoms with Gasteiger partial charge in [0.2, 0.25) is 0 Å². The lowest BCUT2D eigenvalue weighted by atomic mass is 10.1. The molecule has 0 radical (unpaired) electrons. The van der Waals surface area contributed by atoms with E-state index in [2.05, 4.69) is 6.92 Å². The Morgan fingerprint density at radius 3 is 2.77 bits per heavy atom. The van der Waals surface area contributed by atoms with Gasteiger partial charge in [-0.25, -0.2) is 4.79 Å². The van der Waals surface area contributed by atoms with E-state index >= 15 is 0 Å². The second-order valence-electron chi connectivity index (χ2n) is 5.85. The molecule has 1 saturated heterocycles. The predicted octanol–water partition coefficient (Wildman–Crippen LogP) is 2.84. The second kappa shape index (κ2) is 9.64. The van der Waals surface area contributed by atoms with E-state index in [1.54, 1.807) is 6.07 Å². The standard InChI is InChI=1S/C18H24ClNO6/c1-3-5-7-26-16-13(19)9-12(10-15(16)25-4-2)17(21)20-6-8-24-11-14(20)18(22)23/h9-10,14H,3-8,11H2,1-2H3,(H,22,23). The first kappa shape index (κ1) is 20.3. The van der Waals surface area contributed by atoms with Crippen molar-refractivity contribution in [3.05, 3.63) is 22.7 Å². The molecular formula is C18H24ClNO6. The van der Waals surface area contributed by atoms with Gasteiger partial charge in [0.25, 0.3) is 5.91 Å². The second-order valence-corrected chi connectivity index (χ2v) is 6.26. The fourth-order valence-electron chi connectivity index (χ4n) is 2.63. The van der Waals surface area contributed by atoms with Crippen LogP contribution in [0.3, 0.4) is 0 Å². The SMILES string of the molecule is CCCCOc1c(Cl)cc(C(=O)N2CCOCC2C(=O)O)cc1OCC. The highest BCUT2D eigenvalue weighted by atomic mass is 35.5. The molecule has 1 amide bonds. The largest absolute Gasteiger partial charge is 0.490 e. The first-order valence-corrected chi connectivity index (χ1v) is 9.08. The molecule has 1 atom stereocenters. The summed E-state index contributed by atoms with van der Waals surface area (Å²) in [6.07, 6.45) is 1.85. The van der Waals surface area contributed by atoms with Gasteiger partial charge < -0.3 is 24.2 Å². The summed E-state index contributed by atoms with van der Waals surface area (Å²) in [7, 11) is 0. The van der Waals surface area contributed by atoms with Crippen molar-refractivity contribution < 1.29 is 28.9 Å². The summed E-state index contributed by atoms with van der Waals surface area (Å²) < 4.78 is 16.5. The number of carbonyl (C=O) groups is 2. The fraction of sp³-hybridized carbons (Fsp3) is 0.556. The number of aliphatic carboxylic acids is 1. The smallest absolute Gasteiger partial charge is 0.328 e. The molecule has 1 unspecified atom stereocenters. The van der Waals surface area contributed by atoms with Crippen molar-refractivity contribution in [2.24, 2.45) is 0 Å². The number of hydrogen-bond acceptors (Lipinski definition) is 5. The van der Waals surface area contributed by atoms with Crippen molar-refractivity contribution in [2.75, 3.05) is 33.0 Å². The van der Waals surface area contributed by atoms with Crippen molar-refractivity contribution in [2.45, 2.75) is 32.7 Å². The van der Waals surface area contributed by atoms with Crippen LogP contribution < -0.4 is 9.47 Å². The zero-order valence-electron chi connectivity index (χ0n) is 15.0. The molecule has 7 nitrogen and oxygen atoms in total. The molecule has 0 spiro atoms. The highest BCUT2D eigenvalue weighted by Gasteiger charge is 2.34. The molecule has 0 saturated carbocycles. The lowest BCUT2D eigenvalue weighted by Gasteiger charge is -2.33. The summed E-state index contributed by atoms with van der Waals surface area (Å²) in [6.45, 7) is 5.21. The molecule has 0 aliphatic carbocycles. The Labute approximate surface area is 157 Å². The molecule has 1 aliphatic rings. The van der Waals surface area contributed by atoms with Gasteiger partial charge in [-0.3, -0.25) is 4.79 Å². The van der Waals surface area contributed by atoms with E-state index in [0.29, 0.717) is 31.3 Å². The number of hydrogen-bond donors (Lipinski definition) is 1. The summed E-state index contributed by atoms with van der Waals surface area (Å²) >= 11 is 6.31. The molecule has 0 bridgehead atoms. The summed E-state index contributed by atoms with van der Waals surface area (Å²) in [6, 6.07) is 2.01. The van der Waals surface area contributed by atoms with Crippen LogP contribution in [0.5, 0.6) is 11.5 Å². The van der Waals surface area contributed by atoms with Crippen LogP contribution in [-0.4, -0.2) is 60.9 Å². The van der Waals surface area contributed by atoms with Crippen LogP contribution in [0.2, 0.25) is 5.02 Å². The Balaban J connectivity index is 2.30. The monoisotopic (exact) mass is 385 g/mol. The first-order valence-electron chi connectivity index (χ1n) is 8.70. The third kappa shape index (κ3) is 4.80. The number of nitrogens with zero attached hydrogens (tertiary/aromatic N) is 1. The summed E-state index contributed by atoms with van der Waals surface area (Å²) in [4.78, 5) is 25.5. The van der Waals surface area contributed by atoms with Crippen molar-refractivity contribution in [1.29, 1.82) is 0 Å². The number of benzene rings is 1. The number of amides is 1. The van der Waals surface area contributed by atoms with Crippen LogP contribution in [0, 0.1) is 0 Å². The molecule has 8 heteroatoms. The minimum absolute atomic E-state index is 0.0364. The number of carbonyl (C=O) groups excluding carboxylic acids is 1. The lowest BCUT2D eigenvalue weighted by Crippen LogP contribution is -2.52. The lowest BCUT2D eigenvalue weighted by molar-refractivity contribution is -0.147. The number of halogens is 1. The van der Waals surface area contributed by atoms with Crippen molar-refractivity contribution in [3.63, 3.8) is 0 Å². The zero-order valence-corrected chi connectivity index (χ0v) is 15.8. The number of unbranched alkanes of at least 4 members (excludes halogenated alkanes) is 1. The van der Waals surface area contributed by atoms with Gasteiger partial charge in [-0.05, 0) is 25.5 Å². The van der Waals surface area contributed by atoms with Gasteiger partial charge in [-0.15, -0.1) is 0 Å². The maximum Gasteiger partial charge on any atom is 0.328 e. The van der Waals surface area contributed by atoms with E-state index < -0.39 is 17.9 Å². The average Bonchev–Trinajstić information content (AvgIpc) is 2.63. The molecule has 1 heterocycles. The number of carboxylic acids is 1. The minimum atomic E-state index is -1.10. The van der Waals surface area contributed by atoms with E-state index in [-0.39, 0.29) is 23.7 Å². The van der Waals surface area contributed by atoms with Crippen LogP contribution in [0.1, 0.15) is 37.0 Å².